The highest BCUT2D eigenvalue weighted by Gasteiger charge is 1.98. The van der Waals surface area contributed by atoms with Gasteiger partial charge in [-0.15, -0.1) is 0 Å². The molecule has 1 heterocycles. The van der Waals surface area contributed by atoms with Gasteiger partial charge in [0.25, 0.3) is 0 Å². The second-order valence-electron chi connectivity index (χ2n) is 4.57. The van der Waals surface area contributed by atoms with E-state index in [-0.39, 0.29) is 0 Å². The fourth-order valence-electron chi connectivity index (χ4n) is 1.74. The second-order valence-corrected chi connectivity index (χ2v) is 4.57. The van der Waals surface area contributed by atoms with E-state index < -0.39 is 0 Å². The Balaban J connectivity index is 1.81. The summed E-state index contributed by atoms with van der Waals surface area (Å²) in [4.78, 5) is 0. The molecule has 0 spiro atoms. The van der Waals surface area contributed by atoms with Crippen molar-refractivity contribution in [2.45, 2.75) is 26.3 Å². The number of benzene rings is 1. The summed E-state index contributed by atoms with van der Waals surface area (Å²) in [5.74, 6) is 1.83. The van der Waals surface area contributed by atoms with Crippen LogP contribution in [-0.2, 0) is 13.6 Å². The predicted molar refractivity (Wildman–Crippen MR) is 77.4 cm³/mol. The Bertz CT molecular complexity index is 490. The maximum atomic E-state index is 5.63. The maximum absolute atomic E-state index is 5.63. The van der Waals surface area contributed by atoms with Gasteiger partial charge in [0, 0.05) is 25.9 Å². The summed E-state index contributed by atoms with van der Waals surface area (Å²) in [5, 5.41) is 7.55. The molecule has 0 bridgehead atoms. The summed E-state index contributed by atoms with van der Waals surface area (Å²) < 4.78 is 7.42. The van der Waals surface area contributed by atoms with Gasteiger partial charge in [0.05, 0.1) is 6.61 Å². The molecule has 0 aliphatic heterocycles. The number of aromatic nitrogens is 2. The van der Waals surface area contributed by atoms with Gasteiger partial charge in [-0.2, -0.15) is 5.10 Å². The van der Waals surface area contributed by atoms with Crippen LogP contribution in [0.25, 0.3) is 0 Å². The van der Waals surface area contributed by atoms with Crippen LogP contribution in [0.1, 0.15) is 25.3 Å². The van der Waals surface area contributed by atoms with Gasteiger partial charge in [-0.3, -0.25) is 4.68 Å². The molecule has 0 aliphatic rings. The van der Waals surface area contributed by atoms with Gasteiger partial charge in [0.2, 0.25) is 0 Å². The van der Waals surface area contributed by atoms with E-state index in [0.717, 1.165) is 37.6 Å². The molecule has 0 saturated heterocycles. The van der Waals surface area contributed by atoms with E-state index in [1.54, 1.807) is 4.68 Å². The van der Waals surface area contributed by atoms with Gasteiger partial charge in [0.15, 0.2) is 0 Å². The number of unbranched alkanes of at least 4 members (excludes halogenated alkanes) is 1. The Labute approximate surface area is 114 Å². The Morgan fingerprint density at radius 2 is 2.00 bits per heavy atom. The number of rotatable bonds is 7. The largest absolute Gasteiger partial charge is 0.494 e. The smallest absolute Gasteiger partial charge is 0.148 e. The van der Waals surface area contributed by atoms with Gasteiger partial charge in [-0.1, -0.05) is 25.5 Å². The molecule has 1 aromatic carbocycles. The first-order valence-electron chi connectivity index (χ1n) is 6.73. The van der Waals surface area contributed by atoms with Crippen LogP contribution in [0.2, 0.25) is 0 Å². The van der Waals surface area contributed by atoms with Gasteiger partial charge in [-0.05, 0) is 24.1 Å². The molecule has 0 amide bonds. The van der Waals surface area contributed by atoms with E-state index in [0.29, 0.717) is 0 Å². The highest BCUT2D eigenvalue weighted by atomic mass is 16.5. The molecule has 19 heavy (non-hydrogen) atoms. The van der Waals surface area contributed by atoms with Crippen LogP contribution >= 0.6 is 0 Å². The zero-order chi connectivity index (χ0) is 13.5. The van der Waals surface area contributed by atoms with Crippen LogP contribution in [-0.4, -0.2) is 16.4 Å². The van der Waals surface area contributed by atoms with E-state index in [1.165, 1.54) is 5.56 Å². The zero-order valence-electron chi connectivity index (χ0n) is 11.6. The number of nitrogens with zero attached hydrogens (tertiary/aromatic N) is 2. The van der Waals surface area contributed by atoms with Crippen molar-refractivity contribution >= 4 is 5.82 Å². The first-order valence-corrected chi connectivity index (χ1v) is 6.73. The van der Waals surface area contributed by atoms with Crippen molar-refractivity contribution in [1.82, 2.24) is 9.78 Å². The molecule has 1 aromatic heterocycles. The van der Waals surface area contributed by atoms with E-state index in [4.69, 9.17) is 4.74 Å². The van der Waals surface area contributed by atoms with Crippen LogP contribution in [0.4, 0.5) is 5.82 Å². The average molecular weight is 259 g/mol. The van der Waals surface area contributed by atoms with Gasteiger partial charge < -0.3 is 10.1 Å². The van der Waals surface area contributed by atoms with Gasteiger partial charge in [-0.25, -0.2) is 0 Å². The summed E-state index contributed by atoms with van der Waals surface area (Å²) in [6.07, 6.45) is 4.18. The van der Waals surface area contributed by atoms with Crippen LogP contribution in [0.5, 0.6) is 5.75 Å². The first kappa shape index (κ1) is 13.5. The van der Waals surface area contributed by atoms with E-state index in [2.05, 4.69) is 29.5 Å². The molecule has 0 radical (unpaired) electrons. The molecule has 4 heteroatoms. The third-order valence-corrected chi connectivity index (χ3v) is 2.88. The monoisotopic (exact) mass is 259 g/mol. The molecule has 2 rings (SSSR count). The predicted octanol–water partition coefficient (Wildman–Crippen LogP) is 3.21. The molecule has 4 nitrogen and oxygen atoms in total. The standard InChI is InChI=1S/C15H21N3O/c1-3-4-11-19-14-7-5-13(6-8-14)12-16-15-9-10-18(2)17-15/h5-10H,3-4,11-12H2,1-2H3,(H,16,17). The van der Waals surface area contributed by atoms with E-state index in [1.807, 2.05) is 31.4 Å². The highest BCUT2D eigenvalue weighted by molar-refractivity contribution is 5.35. The topological polar surface area (TPSA) is 39.1 Å². The van der Waals surface area contributed by atoms with Crippen LogP contribution in [0.3, 0.4) is 0 Å². The molecule has 0 unspecified atom stereocenters. The van der Waals surface area contributed by atoms with Crippen molar-refractivity contribution in [2.24, 2.45) is 7.05 Å². The molecule has 0 atom stereocenters. The number of anilines is 1. The molecular weight excluding hydrogens is 238 g/mol. The summed E-state index contributed by atoms with van der Waals surface area (Å²) in [7, 11) is 1.91. The minimum Gasteiger partial charge on any atom is -0.494 e. The van der Waals surface area contributed by atoms with Crippen LogP contribution in [0, 0.1) is 0 Å². The highest BCUT2D eigenvalue weighted by Crippen LogP contribution is 2.13. The summed E-state index contributed by atoms with van der Waals surface area (Å²) in [6, 6.07) is 10.2. The number of hydrogen-bond acceptors (Lipinski definition) is 3. The van der Waals surface area contributed by atoms with Gasteiger partial charge in [0.1, 0.15) is 11.6 Å². The SMILES string of the molecule is CCCCOc1ccc(CNc2ccn(C)n2)cc1. The lowest BCUT2D eigenvalue weighted by Crippen LogP contribution is -2.01. The molecule has 102 valence electrons. The third-order valence-electron chi connectivity index (χ3n) is 2.88. The Morgan fingerprint density at radius 1 is 1.21 bits per heavy atom. The number of nitrogens with one attached hydrogen (secondary N) is 1. The molecular formula is C15H21N3O. The fourth-order valence-corrected chi connectivity index (χ4v) is 1.74. The van der Waals surface area contributed by atoms with Crippen LogP contribution in [0.15, 0.2) is 36.5 Å². The second kappa shape index (κ2) is 6.83. The van der Waals surface area contributed by atoms with Gasteiger partial charge >= 0.3 is 0 Å². The minimum atomic E-state index is 0.770. The Hall–Kier alpha value is -1.97. The van der Waals surface area contributed by atoms with Crippen molar-refractivity contribution in [3.63, 3.8) is 0 Å². The lowest BCUT2D eigenvalue weighted by atomic mass is 10.2. The first-order chi connectivity index (χ1) is 9.28. The summed E-state index contributed by atoms with van der Waals surface area (Å²) in [5.41, 5.74) is 1.22. The fraction of sp³-hybridized carbons (Fsp3) is 0.400. The lowest BCUT2D eigenvalue weighted by molar-refractivity contribution is 0.309. The zero-order valence-corrected chi connectivity index (χ0v) is 11.6. The van der Waals surface area contributed by atoms with Crippen molar-refractivity contribution in [3.8, 4) is 5.75 Å². The Kier molecular flexibility index (Phi) is 4.84. The quantitative estimate of drug-likeness (QED) is 0.776. The van der Waals surface area contributed by atoms with Crippen LogP contribution < -0.4 is 10.1 Å². The Morgan fingerprint density at radius 3 is 2.63 bits per heavy atom. The van der Waals surface area contributed by atoms with E-state index in [9.17, 15) is 0 Å². The maximum Gasteiger partial charge on any atom is 0.148 e. The molecule has 0 saturated carbocycles. The number of ether oxygens (including phenoxy) is 1. The minimum absolute atomic E-state index is 0.770. The normalized spacial score (nSPS) is 10.4. The molecule has 0 aliphatic carbocycles. The summed E-state index contributed by atoms with van der Waals surface area (Å²) >= 11 is 0. The molecule has 0 fully saturated rings. The third kappa shape index (κ3) is 4.32. The average Bonchev–Trinajstić information content (AvgIpc) is 2.84. The molecule has 1 N–H and O–H groups in total. The summed E-state index contributed by atoms with van der Waals surface area (Å²) in [6.45, 7) is 3.73. The van der Waals surface area contributed by atoms with E-state index >= 15 is 0 Å². The lowest BCUT2D eigenvalue weighted by Gasteiger charge is -2.07. The molecule has 2 aromatic rings. The number of aryl methyl sites for hydroxylation is 1. The van der Waals surface area contributed by atoms with Crippen molar-refractivity contribution in [3.05, 3.63) is 42.1 Å². The van der Waals surface area contributed by atoms with Crippen molar-refractivity contribution in [2.75, 3.05) is 11.9 Å². The number of hydrogen-bond donors (Lipinski definition) is 1. The van der Waals surface area contributed by atoms with Crippen molar-refractivity contribution in [1.29, 1.82) is 0 Å². The van der Waals surface area contributed by atoms with Crippen molar-refractivity contribution < 1.29 is 4.74 Å².